The predicted molar refractivity (Wildman–Crippen MR) is 82.6 cm³/mol. The van der Waals surface area contributed by atoms with E-state index >= 15 is 0 Å². The fourth-order valence-corrected chi connectivity index (χ4v) is 1.99. The van der Waals surface area contributed by atoms with Crippen molar-refractivity contribution in [2.24, 2.45) is 0 Å². The highest BCUT2D eigenvalue weighted by Crippen LogP contribution is 2.14. The molecule has 0 aliphatic carbocycles. The number of aryl methyl sites for hydroxylation is 2. The lowest BCUT2D eigenvalue weighted by Crippen LogP contribution is -2.20. The molecule has 0 spiro atoms. The van der Waals surface area contributed by atoms with Crippen molar-refractivity contribution in [1.29, 1.82) is 0 Å². The van der Waals surface area contributed by atoms with Crippen LogP contribution in [0, 0.1) is 13.8 Å². The number of carbonyl (C=O) groups is 2. The maximum Gasteiger partial charge on any atom is 0.340 e. The van der Waals surface area contributed by atoms with Crippen LogP contribution in [0.5, 0.6) is 0 Å². The zero-order chi connectivity index (χ0) is 16.1. The van der Waals surface area contributed by atoms with Crippen LogP contribution in [-0.4, -0.2) is 23.5 Å². The van der Waals surface area contributed by atoms with E-state index in [9.17, 15) is 14.7 Å². The largest absolute Gasteiger partial charge is 0.455 e. The van der Waals surface area contributed by atoms with E-state index in [0.29, 0.717) is 11.1 Å². The van der Waals surface area contributed by atoms with Crippen molar-refractivity contribution in [2.75, 3.05) is 6.61 Å². The maximum atomic E-state index is 12.0. The summed E-state index contributed by atoms with van der Waals surface area (Å²) < 4.78 is 4.91. The lowest BCUT2D eigenvalue weighted by Gasteiger charge is -2.11. The van der Waals surface area contributed by atoms with E-state index in [-0.39, 0.29) is 12.4 Å². The number of hydrogen-bond donors (Lipinski definition) is 1. The number of ketones is 1. The van der Waals surface area contributed by atoms with Crippen molar-refractivity contribution in [1.82, 2.24) is 0 Å². The Morgan fingerprint density at radius 1 is 1.05 bits per heavy atom. The van der Waals surface area contributed by atoms with Gasteiger partial charge in [0.1, 0.15) is 0 Å². The Hall–Kier alpha value is -2.46. The molecule has 1 atom stereocenters. The third-order valence-corrected chi connectivity index (χ3v) is 3.51. The summed E-state index contributed by atoms with van der Waals surface area (Å²) >= 11 is 0. The molecule has 0 aliphatic heterocycles. The second-order valence-corrected chi connectivity index (χ2v) is 5.14. The lowest BCUT2D eigenvalue weighted by atomic mass is 10.0. The number of aliphatic hydroxyl groups is 1. The summed E-state index contributed by atoms with van der Waals surface area (Å²) in [6, 6.07) is 13.8. The Kier molecular flexibility index (Phi) is 5.07. The minimum atomic E-state index is -1.38. The standard InChI is InChI=1S/C18H18O4/c1-12-8-9-15(10-13(12)2)16(19)11-22-18(21)17(20)14-6-4-3-5-7-14/h3-10,17,20H,11H2,1-2H3. The maximum absolute atomic E-state index is 12.0. The predicted octanol–water partition coefficient (Wildman–Crippen LogP) is 2.76. The van der Waals surface area contributed by atoms with Crippen molar-refractivity contribution in [3.8, 4) is 0 Å². The van der Waals surface area contributed by atoms with Crippen molar-refractivity contribution in [3.05, 3.63) is 70.8 Å². The molecule has 4 heteroatoms. The van der Waals surface area contributed by atoms with Crippen molar-refractivity contribution in [2.45, 2.75) is 20.0 Å². The summed E-state index contributed by atoms with van der Waals surface area (Å²) in [4.78, 5) is 23.8. The van der Waals surface area contributed by atoms with Crippen LogP contribution in [0.25, 0.3) is 0 Å². The number of carbonyl (C=O) groups excluding carboxylic acids is 2. The summed E-state index contributed by atoms with van der Waals surface area (Å²) in [5.74, 6) is -1.12. The Labute approximate surface area is 129 Å². The van der Waals surface area contributed by atoms with Gasteiger partial charge >= 0.3 is 5.97 Å². The molecule has 0 aromatic heterocycles. The third-order valence-electron chi connectivity index (χ3n) is 3.51. The average molecular weight is 298 g/mol. The van der Waals surface area contributed by atoms with Gasteiger partial charge in [-0.05, 0) is 36.6 Å². The molecule has 2 rings (SSSR count). The molecule has 0 bridgehead atoms. The molecule has 1 unspecified atom stereocenters. The quantitative estimate of drug-likeness (QED) is 0.681. The van der Waals surface area contributed by atoms with Gasteiger partial charge in [-0.2, -0.15) is 0 Å². The number of rotatable bonds is 5. The van der Waals surface area contributed by atoms with Gasteiger partial charge in [0, 0.05) is 5.56 Å². The van der Waals surface area contributed by atoms with Crippen LogP contribution in [-0.2, 0) is 9.53 Å². The Morgan fingerprint density at radius 2 is 1.73 bits per heavy atom. The zero-order valence-corrected chi connectivity index (χ0v) is 12.6. The first-order valence-corrected chi connectivity index (χ1v) is 6.99. The highest BCUT2D eigenvalue weighted by atomic mass is 16.5. The third kappa shape index (κ3) is 3.80. The molecule has 0 heterocycles. The van der Waals surface area contributed by atoms with Crippen LogP contribution in [0.3, 0.4) is 0 Å². The number of aliphatic hydroxyl groups excluding tert-OH is 1. The van der Waals surface area contributed by atoms with Gasteiger partial charge in [0.05, 0.1) is 0 Å². The fourth-order valence-electron chi connectivity index (χ4n) is 1.99. The van der Waals surface area contributed by atoms with Gasteiger partial charge in [-0.15, -0.1) is 0 Å². The van der Waals surface area contributed by atoms with E-state index in [1.165, 1.54) is 0 Å². The van der Waals surface area contributed by atoms with E-state index in [2.05, 4.69) is 0 Å². The summed E-state index contributed by atoms with van der Waals surface area (Å²) in [5, 5.41) is 9.87. The lowest BCUT2D eigenvalue weighted by molar-refractivity contribution is -0.152. The highest BCUT2D eigenvalue weighted by Gasteiger charge is 2.20. The van der Waals surface area contributed by atoms with Crippen LogP contribution in [0.1, 0.15) is 33.2 Å². The summed E-state index contributed by atoms with van der Waals surface area (Å²) in [6.45, 7) is 3.49. The highest BCUT2D eigenvalue weighted by molar-refractivity contribution is 5.98. The van der Waals surface area contributed by atoms with E-state index in [1.54, 1.807) is 42.5 Å². The topological polar surface area (TPSA) is 63.6 Å². The molecule has 4 nitrogen and oxygen atoms in total. The zero-order valence-electron chi connectivity index (χ0n) is 12.6. The molecule has 2 aromatic carbocycles. The van der Waals surface area contributed by atoms with Gasteiger partial charge in [0.2, 0.25) is 0 Å². The molecular formula is C18H18O4. The van der Waals surface area contributed by atoms with Gasteiger partial charge in [-0.25, -0.2) is 4.79 Å². The van der Waals surface area contributed by atoms with Gasteiger partial charge in [-0.3, -0.25) is 4.79 Å². The van der Waals surface area contributed by atoms with Gasteiger partial charge < -0.3 is 9.84 Å². The summed E-state index contributed by atoms with van der Waals surface area (Å²) in [6.07, 6.45) is -1.38. The van der Waals surface area contributed by atoms with Crippen LogP contribution in [0.15, 0.2) is 48.5 Å². The molecule has 0 saturated heterocycles. The summed E-state index contributed by atoms with van der Waals surface area (Å²) in [7, 11) is 0. The number of hydrogen-bond acceptors (Lipinski definition) is 4. The first-order chi connectivity index (χ1) is 10.5. The van der Waals surface area contributed by atoms with Crippen molar-refractivity contribution >= 4 is 11.8 Å². The van der Waals surface area contributed by atoms with Gasteiger partial charge in [-0.1, -0.05) is 42.5 Å². The van der Waals surface area contributed by atoms with Gasteiger partial charge in [0.25, 0.3) is 0 Å². The van der Waals surface area contributed by atoms with Crippen LogP contribution in [0.4, 0.5) is 0 Å². The van der Waals surface area contributed by atoms with Crippen molar-refractivity contribution in [3.63, 3.8) is 0 Å². The summed E-state index contributed by atoms with van der Waals surface area (Å²) in [5.41, 5.74) is 3.02. The van der Waals surface area contributed by atoms with Gasteiger partial charge in [0.15, 0.2) is 18.5 Å². The van der Waals surface area contributed by atoms with Crippen LogP contribution >= 0.6 is 0 Å². The Balaban J connectivity index is 1.96. The number of benzene rings is 2. The Morgan fingerprint density at radius 3 is 2.36 bits per heavy atom. The van der Waals surface area contributed by atoms with E-state index in [1.807, 2.05) is 19.9 Å². The van der Waals surface area contributed by atoms with Crippen molar-refractivity contribution < 1.29 is 19.4 Å². The fraction of sp³-hybridized carbons (Fsp3) is 0.222. The monoisotopic (exact) mass is 298 g/mol. The second-order valence-electron chi connectivity index (χ2n) is 5.14. The molecule has 0 saturated carbocycles. The molecular weight excluding hydrogens is 280 g/mol. The Bertz CT molecular complexity index is 677. The van der Waals surface area contributed by atoms with Crippen LogP contribution < -0.4 is 0 Å². The normalized spacial score (nSPS) is 11.8. The van der Waals surface area contributed by atoms with E-state index in [4.69, 9.17) is 4.74 Å². The smallest absolute Gasteiger partial charge is 0.340 e. The minimum Gasteiger partial charge on any atom is -0.455 e. The number of ether oxygens (including phenoxy) is 1. The van der Waals surface area contributed by atoms with E-state index < -0.39 is 12.1 Å². The second kappa shape index (κ2) is 7.00. The number of Topliss-reactive ketones (excluding diaryl/α,β-unsaturated/α-hetero) is 1. The molecule has 0 fully saturated rings. The minimum absolute atomic E-state index is 0.295. The average Bonchev–Trinajstić information content (AvgIpc) is 2.54. The molecule has 1 N–H and O–H groups in total. The van der Waals surface area contributed by atoms with E-state index in [0.717, 1.165) is 11.1 Å². The molecule has 22 heavy (non-hydrogen) atoms. The number of esters is 1. The molecule has 0 amide bonds. The molecule has 114 valence electrons. The first kappa shape index (κ1) is 15.9. The van der Waals surface area contributed by atoms with Crippen LogP contribution in [0.2, 0.25) is 0 Å². The molecule has 0 aliphatic rings. The SMILES string of the molecule is Cc1ccc(C(=O)COC(=O)C(O)c2ccccc2)cc1C. The molecule has 2 aromatic rings. The first-order valence-electron chi connectivity index (χ1n) is 6.99. The molecule has 0 radical (unpaired) electrons.